The zero-order valence-corrected chi connectivity index (χ0v) is 15.0. The van der Waals surface area contributed by atoms with Crippen molar-refractivity contribution in [2.75, 3.05) is 0 Å². The Morgan fingerprint density at radius 1 is 1.19 bits per heavy atom. The maximum Gasteiger partial charge on any atom is 0.281 e. The number of carboxylic acid groups (broad SMARTS) is 1. The summed E-state index contributed by atoms with van der Waals surface area (Å²) in [7, 11) is 0. The summed E-state index contributed by atoms with van der Waals surface area (Å²) < 4.78 is 10.7. The third-order valence-electron chi connectivity index (χ3n) is 3.42. The van der Waals surface area contributed by atoms with Crippen molar-refractivity contribution >= 4 is 29.5 Å². The van der Waals surface area contributed by atoms with E-state index < -0.39 is 10.9 Å². The predicted octanol–water partition coefficient (Wildman–Crippen LogP) is 2.74. The van der Waals surface area contributed by atoms with Crippen molar-refractivity contribution in [3.8, 4) is 11.3 Å². The lowest BCUT2D eigenvalue weighted by Crippen LogP contribution is -2.22. The molecule has 0 atom stereocenters. The van der Waals surface area contributed by atoms with Crippen LogP contribution in [0.3, 0.4) is 0 Å². The Labute approximate surface area is 156 Å². The largest absolute Gasteiger partial charge is 0.544 e. The summed E-state index contributed by atoms with van der Waals surface area (Å²) in [6.45, 7) is 3.32. The maximum atomic E-state index is 11.4. The summed E-state index contributed by atoms with van der Waals surface area (Å²) in [4.78, 5) is 21.9. The van der Waals surface area contributed by atoms with Crippen molar-refractivity contribution in [1.82, 2.24) is 10.2 Å². The molecule has 2 heterocycles. The fourth-order valence-electron chi connectivity index (χ4n) is 2.25. The van der Waals surface area contributed by atoms with Crippen LogP contribution in [0, 0.1) is 24.0 Å². The summed E-state index contributed by atoms with van der Waals surface area (Å²) in [5, 5.41) is 30.0. The van der Waals surface area contributed by atoms with E-state index in [0.29, 0.717) is 11.5 Å². The quantitative estimate of drug-likeness (QED) is 0.271. The molecule has 0 N–H and O–H groups in total. The molecule has 0 amide bonds. The molecule has 138 valence electrons. The number of hydrogen-bond donors (Lipinski definition) is 0. The molecule has 0 fully saturated rings. The van der Waals surface area contributed by atoms with Crippen molar-refractivity contribution in [3.05, 3.63) is 62.6 Å². The second kappa shape index (κ2) is 7.46. The van der Waals surface area contributed by atoms with Crippen LogP contribution in [0.2, 0.25) is 0 Å². The molecule has 0 aliphatic rings. The normalized spacial score (nSPS) is 11.6. The number of carboxylic acids is 1. The van der Waals surface area contributed by atoms with Crippen LogP contribution >= 0.6 is 11.8 Å². The maximum absolute atomic E-state index is 11.4. The number of nitro groups is 1. The molecule has 0 saturated heterocycles. The number of rotatable bonds is 6. The fourth-order valence-corrected chi connectivity index (χ4v) is 2.94. The lowest BCUT2D eigenvalue weighted by molar-refractivity contribution is -0.384. The molecule has 10 heteroatoms. The van der Waals surface area contributed by atoms with E-state index in [1.165, 1.54) is 24.3 Å². The Hall–Kier alpha value is -3.40. The van der Waals surface area contributed by atoms with E-state index in [4.69, 9.17) is 8.83 Å². The fraction of sp³-hybridized carbons (Fsp3) is 0.118. The Morgan fingerprint density at radius 2 is 1.96 bits per heavy atom. The number of nitrogens with zero attached hydrogens (tertiary/aromatic N) is 3. The summed E-state index contributed by atoms with van der Waals surface area (Å²) in [5.41, 5.74) is 0.929. The van der Waals surface area contributed by atoms with Gasteiger partial charge in [0.05, 0.1) is 16.5 Å². The van der Waals surface area contributed by atoms with Crippen LogP contribution in [-0.2, 0) is 4.79 Å². The Bertz CT molecular complexity index is 1050. The molecule has 3 aromatic rings. The van der Waals surface area contributed by atoms with Gasteiger partial charge in [0, 0.05) is 17.9 Å². The molecule has 9 nitrogen and oxygen atoms in total. The van der Waals surface area contributed by atoms with Gasteiger partial charge in [-0.2, -0.15) is 0 Å². The van der Waals surface area contributed by atoms with E-state index in [0.717, 1.165) is 17.3 Å². The molecule has 0 aliphatic carbocycles. The number of aryl methyl sites for hydroxylation is 2. The first kappa shape index (κ1) is 18.4. The van der Waals surface area contributed by atoms with Crippen LogP contribution < -0.4 is 5.11 Å². The van der Waals surface area contributed by atoms with Crippen LogP contribution in [0.25, 0.3) is 17.4 Å². The smallest absolute Gasteiger partial charge is 0.281 e. The number of carbonyl (C=O) groups excluding carboxylic acids is 1. The number of carbonyl (C=O) groups is 1. The minimum absolute atomic E-state index is 0.0453. The Kier molecular flexibility index (Phi) is 5.08. The van der Waals surface area contributed by atoms with Crippen LogP contribution in [0.4, 0.5) is 5.69 Å². The highest BCUT2D eigenvalue weighted by Crippen LogP contribution is 2.33. The second-order valence-corrected chi connectivity index (χ2v) is 6.46. The van der Waals surface area contributed by atoms with Gasteiger partial charge >= 0.3 is 0 Å². The van der Waals surface area contributed by atoms with Gasteiger partial charge in [0.2, 0.25) is 5.89 Å². The number of hydrogen-bond acceptors (Lipinski definition) is 9. The first-order chi connectivity index (χ1) is 12.8. The zero-order chi connectivity index (χ0) is 19.6. The van der Waals surface area contributed by atoms with Gasteiger partial charge in [0.15, 0.2) is 0 Å². The third-order valence-corrected chi connectivity index (χ3v) is 4.27. The highest BCUT2D eigenvalue weighted by Gasteiger charge is 2.18. The number of benzene rings is 1. The predicted molar refractivity (Wildman–Crippen MR) is 93.4 cm³/mol. The van der Waals surface area contributed by atoms with Gasteiger partial charge in [-0.25, -0.2) is 0 Å². The summed E-state index contributed by atoms with van der Waals surface area (Å²) in [6, 6.07) is 7.77. The van der Waals surface area contributed by atoms with Gasteiger partial charge in [-0.05, 0) is 48.5 Å². The lowest BCUT2D eigenvalue weighted by atomic mass is 10.1. The van der Waals surface area contributed by atoms with E-state index >= 15 is 0 Å². The number of nitro benzene ring substituents is 1. The van der Waals surface area contributed by atoms with E-state index in [2.05, 4.69) is 10.2 Å². The van der Waals surface area contributed by atoms with Gasteiger partial charge < -0.3 is 18.7 Å². The van der Waals surface area contributed by atoms with E-state index in [1.807, 2.05) is 0 Å². The SMILES string of the molecule is Cc1ccc(-c2ccc(/C=C(/Sc3nnc(C)o3)C(=O)[O-])o2)c([N+](=O)[O-])c1. The molecule has 0 unspecified atom stereocenters. The van der Waals surface area contributed by atoms with Gasteiger partial charge in [-0.15, -0.1) is 10.2 Å². The van der Waals surface area contributed by atoms with Crippen molar-refractivity contribution in [1.29, 1.82) is 0 Å². The van der Waals surface area contributed by atoms with Crippen LogP contribution in [0.1, 0.15) is 17.2 Å². The standard InChI is InChI=1S/C17H13N3O6S/c1-9-3-5-12(13(7-9)20(23)24)14-6-4-11(26-14)8-15(16(21)22)27-17-19-18-10(2)25-17/h3-8H,1-2H3,(H,21,22)/p-1/b15-8+. The van der Waals surface area contributed by atoms with Gasteiger partial charge in [-0.3, -0.25) is 10.1 Å². The van der Waals surface area contributed by atoms with Crippen LogP contribution in [0.5, 0.6) is 0 Å². The molecule has 0 spiro atoms. The zero-order valence-electron chi connectivity index (χ0n) is 14.2. The van der Waals surface area contributed by atoms with E-state index in [1.54, 1.807) is 26.0 Å². The van der Waals surface area contributed by atoms with Gasteiger partial charge in [-0.1, -0.05) is 6.07 Å². The minimum Gasteiger partial charge on any atom is -0.544 e. The molecule has 0 bridgehead atoms. The average molecular weight is 386 g/mol. The van der Waals surface area contributed by atoms with Crippen LogP contribution in [0.15, 0.2) is 49.3 Å². The molecule has 3 rings (SSSR count). The molecule has 0 aliphatic heterocycles. The second-order valence-electron chi connectivity index (χ2n) is 5.46. The van der Waals surface area contributed by atoms with Crippen molar-refractivity contribution in [3.63, 3.8) is 0 Å². The average Bonchev–Trinajstić information content (AvgIpc) is 3.23. The highest BCUT2D eigenvalue weighted by molar-refractivity contribution is 8.03. The molecule has 2 aromatic heterocycles. The number of aromatic nitrogens is 2. The molecule has 0 saturated carbocycles. The lowest BCUT2D eigenvalue weighted by Gasteiger charge is -2.04. The van der Waals surface area contributed by atoms with Gasteiger partial charge in [0.1, 0.15) is 11.5 Å². The number of furan rings is 1. The molecular weight excluding hydrogens is 374 g/mol. The summed E-state index contributed by atoms with van der Waals surface area (Å²) in [6.07, 6.45) is 1.23. The van der Waals surface area contributed by atoms with Gasteiger partial charge in [0.25, 0.3) is 10.9 Å². The third kappa shape index (κ3) is 4.23. The minimum atomic E-state index is -1.45. The molecule has 1 aromatic carbocycles. The van der Waals surface area contributed by atoms with Crippen molar-refractivity contribution < 1.29 is 23.7 Å². The molecule has 27 heavy (non-hydrogen) atoms. The summed E-state index contributed by atoms with van der Waals surface area (Å²) >= 11 is 0.718. The highest BCUT2D eigenvalue weighted by atomic mass is 32.2. The van der Waals surface area contributed by atoms with Crippen LogP contribution in [-0.4, -0.2) is 21.1 Å². The first-order valence-corrected chi connectivity index (χ1v) is 8.41. The monoisotopic (exact) mass is 386 g/mol. The van der Waals surface area contributed by atoms with Crippen molar-refractivity contribution in [2.45, 2.75) is 19.1 Å². The molecule has 0 radical (unpaired) electrons. The van der Waals surface area contributed by atoms with Crippen molar-refractivity contribution in [2.24, 2.45) is 0 Å². The number of aliphatic carboxylic acids is 1. The topological polar surface area (TPSA) is 135 Å². The Morgan fingerprint density at radius 3 is 2.59 bits per heavy atom. The Balaban J connectivity index is 1.93. The van der Waals surface area contributed by atoms with E-state index in [9.17, 15) is 20.0 Å². The molecular formula is C17H12N3O6S-. The summed E-state index contributed by atoms with van der Waals surface area (Å²) in [5.74, 6) is -0.732. The van der Waals surface area contributed by atoms with E-state index in [-0.39, 0.29) is 27.3 Å². The first-order valence-electron chi connectivity index (χ1n) is 7.60. The number of thioether (sulfide) groups is 1.